The van der Waals surface area contributed by atoms with Gasteiger partial charge in [0.25, 0.3) is 0 Å². The topological polar surface area (TPSA) is 76.1 Å². The minimum absolute atomic E-state index is 0.0364. The minimum atomic E-state index is -4.86. The summed E-state index contributed by atoms with van der Waals surface area (Å²) in [6.45, 7) is -0.0364. The first-order chi connectivity index (χ1) is 13.2. The molecule has 0 saturated carbocycles. The Balaban J connectivity index is 2.04. The Labute approximate surface area is 159 Å². The summed E-state index contributed by atoms with van der Waals surface area (Å²) in [6, 6.07) is 12.4. The fraction of sp³-hybridized carbons (Fsp3) is 0.263. The first-order valence-corrected chi connectivity index (χ1v) is 8.16. The van der Waals surface area contributed by atoms with Crippen molar-refractivity contribution in [3.8, 4) is 5.75 Å². The molecule has 9 heteroatoms. The monoisotopic (exact) mass is 397 g/mol. The number of likely N-dealkylation sites (N-methyl/N-ethyl adjacent to an activating group) is 1. The van der Waals surface area contributed by atoms with Crippen molar-refractivity contribution >= 4 is 12.1 Å². The van der Waals surface area contributed by atoms with Crippen LogP contribution in [0.2, 0.25) is 0 Å². The third kappa shape index (κ3) is 6.49. The van der Waals surface area contributed by atoms with Crippen LogP contribution in [0.4, 0.5) is 18.0 Å². The van der Waals surface area contributed by atoms with Gasteiger partial charge in [0.2, 0.25) is 0 Å². The number of hydrogen-bond donors (Lipinski definition) is 1. The van der Waals surface area contributed by atoms with E-state index in [1.807, 2.05) is 0 Å². The number of carbonyl (C=O) groups excluding carboxylic acids is 1. The highest BCUT2D eigenvalue weighted by Gasteiger charge is 2.32. The molecule has 1 atom stereocenters. The Bertz CT molecular complexity index is 811. The SMILES string of the molecule is CN(C(=O)OCc1ccccc1)C(Cc1cccc(OC(F)(F)F)c1)C(=O)O. The summed E-state index contributed by atoms with van der Waals surface area (Å²) in [4.78, 5) is 24.6. The molecule has 150 valence electrons. The highest BCUT2D eigenvalue weighted by atomic mass is 19.4. The molecular weight excluding hydrogens is 379 g/mol. The van der Waals surface area contributed by atoms with Gasteiger partial charge in [-0.1, -0.05) is 42.5 Å². The third-order valence-corrected chi connectivity index (χ3v) is 3.81. The number of carboxylic acid groups (broad SMARTS) is 1. The molecule has 0 fully saturated rings. The minimum Gasteiger partial charge on any atom is -0.480 e. The number of alkyl halides is 3. The van der Waals surface area contributed by atoms with Crippen LogP contribution in [-0.2, 0) is 22.6 Å². The zero-order valence-electron chi connectivity index (χ0n) is 14.8. The van der Waals surface area contributed by atoms with E-state index in [2.05, 4.69) is 4.74 Å². The Morgan fingerprint density at radius 2 is 1.71 bits per heavy atom. The molecule has 0 spiro atoms. The maximum atomic E-state index is 12.3. The molecule has 0 aliphatic rings. The van der Waals surface area contributed by atoms with Gasteiger partial charge in [-0.2, -0.15) is 0 Å². The normalized spacial score (nSPS) is 12.1. The molecule has 0 aromatic heterocycles. The van der Waals surface area contributed by atoms with Gasteiger partial charge in [0.1, 0.15) is 18.4 Å². The van der Waals surface area contributed by atoms with Gasteiger partial charge in [-0.3, -0.25) is 4.90 Å². The molecule has 2 aromatic carbocycles. The zero-order chi connectivity index (χ0) is 20.7. The standard InChI is InChI=1S/C19H18F3NO5/c1-23(18(26)27-12-13-6-3-2-4-7-13)16(17(24)25)11-14-8-5-9-15(10-14)28-19(20,21)22/h2-10,16H,11-12H2,1H3,(H,24,25). The third-order valence-electron chi connectivity index (χ3n) is 3.81. The van der Waals surface area contributed by atoms with Crippen molar-refractivity contribution < 1.29 is 37.3 Å². The van der Waals surface area contributed by atoms with E-state index in [4.69, 9.17) is 4.74 Å². The van der Waals surface area contributed by atoms with Gasteiger partial charge >= 0.3 is 18.4 Å². The summed E-state index contributed by atoms with van der Waals surface area (Å²) in [5.74, 6) is -1.79. The van der Waals surface area contributed by atoms with Crippen molar-refractivity contribution in [2.75, 3.05) is 7.05 Å². The fourth-order valence-corrected chi connectivity index (χ4v) is 2.43. The molecule has 6 nitrogen and oxygen atoms in total. The van der Waals surface area contributed by atoms with Crippen molar-refractivity contribution in [2.45, 2.75) is 25.4 Å². The van der Waals surface area contributed by atoms with Crippen molar-refractivity contribution in [3.63, 3.8) is 0 Å². The van der Waals surface area contributed by atoms with Gasteiger partial charge < -0.3 is 14.6 Å². The predicted octanol–water partition coefficient (Wildman–Crippen LogP) is 3.85. The number of amides is 1. The van der Waals surface area contributed by atoms with Crippen LogP contribution in [-0.4, -0.2) is 41.5 Å². The zero-order valence-corrected chi connectivity index (χ0v) is 14.8. The number of carboxylic acids is 1. The quantitative estimate of drug-likeness (QED) is 0.768. The largest absolute Gasteiger partial charge is 0.573 e. The van der Waals surface area contributed by atoms with Crippen molar-refractivity contribution in [1.29, 1.82) is 0 Å². The molecule has 0 bridgehead atoms. The van der Waals surface area contributed by atoms with Gasteiger partial charge in [0, 0.05) is 13.5 Å². The summed E-state index contributed by atoms with van der Waals surface area (Å²) >= 11 is 0. The van der Waals surface area contributed by atoms with E-state index in [0.717, 1.165) is 22.6 Å². The molecule has 2 rings (SSSR count). The van der Waals surface area contributed by atoms with Gasteiger partial charge in [-0.15, -0.1) is 13.2 Å². The molecule has 1 N–H and O–H groups in total. The van der Waals surface area contributed by atoms with E-state index < -0.39 is 30.2 Å². The summed E-state index contributed by atoms with van der Waals surface area (Å²) in [5, 5.41) is 9.43. The summed E-state index contributed by atoms with van der Waals surface area (Å²) in [5.41, 5.74) is 0.991. The molecule has 2 aromatic rings. The number of hydrogen-bond acceptors (Lipinski definition) is 4. The lowest BCUT2D eigenvalue weighted by Gasteiger charge is -2.24. The number of aliphatic carboxylic acids is 1. The first kappa shape index (κ1) is 21.1. The Hall–Kier alpha value is -3.23. The average molecular weight is 397 g/mol. The summed E-state index contributed by atoms with van der Waals surface area (Å²) in [6.07, 6.45) is -5.94. The molecule has 1 unspecified atom stereocenters. The fourth-order valence-electron chi connectivity index (χ4n) is 2.43. The summed E-state index contributed by atoms with van der Waals surface area (Å²) < 4.78 is 45.9. The van der Waals surface area contributed by atoms with Crippen LogP contribution >= 0.6 is 0 Å². The maximum absolute atomic E-state index is 12.3. The smallest absolute Gasteiger partial charge is 0.480 e. The number of ether oxygens (including phenoxy) is 2. The Morgan fingerprint density at radius 3 is 2.32 bits per heavy atom. The lowest BCUT2D eigenvalue weighted by Crippen LogP contribution is -2.44. The highest BCUT2D eigenvalue weighted by molar-refractivity contribution is 5.80. The number of nitrogens with zero attached hydrogens (tertiary/aromatic N) is 1. The van der Waals surface area contributed by atoms with Gasteiger partial charge in [-0.25, -0.2) is 9.59 Å². The Morgan fingerprint density at radius 1 is 1.07 bits per heavy atom. The maximum Gasteiger partial charge on any atom is 0.573 e. The number of carbonyl (C=O) groups is 2. The van der Waals surface area contributed by atoms with Gasteiger partial charge in [-0.05, 0) is 23.3 Å². The van der Waals surface area contributed by atoms with E-state index in [0.29, 0.717) is 0 Å². The molecule has 0 saturated heterocycles. The van der Waals surface area contributed by atoms with Crippen LogP contribution in [0.15, 0.2) is 54.6 Å². The first-order valence-electron chi connectivity index (χ1n) is 8.16. The molecule has 28 heavy (non-hydrogen) atoms. The van der Waals surface area contributed by atoms with Crippen molar-refractivity contribution in [1.82, 2.24) is 4.90 Å². The number of halogens is 3. The van der Waals surface area contributed by atoms with E-state index in [-0.39, 0.29) is 18.6 Å². The second-order valence-corrected chi connectivity index (χ2v) is 5.90. The Kier molecular flexibility index (Phi) is 6.86. The number of benzene rings is 2. The second-order valence-electron chi connectivity index (χ2n) is 5.90. The highest BCUT2D eigenvalue weighted by Crippen LogP contribution is 2.24. The van der Waals surface area contributed by atoms with E-state index in [1.165, 1.54) is 19.2 Å². The lowest BCUT2D eigenvalue weighted by atomic mass is 10.0. The van der Waals surface area contributed by atoms with Crippen molar-refractivity contribution in [3.05, 3.63) is 65.7 Å². The van der Waals surface area contributed by atoms with E-state index >= 15 is 0 Å². The summed E-state index contributed by atoms with van der Waals surface area (Å²) in [7, 11) is 1.25. The molecular formula is C19H18F3NO5. The number of rotatable bonds is 7. The molecule has 1 amide bonds. The van der Waals surface area contributed by atoms with E-state index in [9.17, 15) is 27.9 Å². The van der Waals surface area contributed by atoms with Gasteiger partial charge in [0.05, 0.1) is 0 Å². The second kappa shape index (κ2) is 9.12. The average Bonchev–Trinajstić information content (AvgIpc) is 2.63. The van der Waals surface area contributed by atoms with Crippen LogP contribution in [0.5, 0.6) is 5.75 Å². The molecule has 0 heterocycles. The molecule has 0 aliphatic heterocycles. The van der Waals surface area contributed by atoms with Crippen LogP contribution in [0.3, 0.4) is 0 Å². The lowest BCUT2D eigenvalue weighted by molar-refractivity contribution is -0.274. The van der Waals surface area contributed by atoms with Gasteiger partial charge in [0.15, 0.2) is 0 Å². The molecule has 0 radical (unpaired) electrons. The van der Waals surface area contributed by atoms with Crippen LogP contribution in [0.1, 0.15) is 11.1 Å². The van der Waals surface area contributed by atoms with E-state index in [1.54, 1.807) is 30.3 Å². The van der Waals surface area contributed by atoms with Crippen molar-refractivity contribution in [2.24, 2.45) is 0 Å². The van der Waals surface area contributed by atoms with Crippen LogP contribution < -0.4 is 4.74 Å². The van der Waals surface area contributed by atoms with Crippen LogP contribution in [0.25, 0.3) is 0 Å². The molecule has 0 aliphatic carbocycles. The predicted molar refractivity (Wildman–Crippen MR) is 92.6 cm³/mol. The van der Waals surface area contributed by atoms with Crippen LogP contribution in [0, 0.1) is 0 Å².